The van der Waals surface area contributed by atoms with E-state index in [-0.39, 0.29) is 0 Å². The first-order valence-electron chi connectivity index (χ1n) is 5.80. The van der Waals surface area contributed by atoms with E-state index in [4.69, 9.17) is 11.5 Å². The van der Waals surface area contributed by atoms with Gasteiger partial charge in [-0.1, -0.05) is 0 Å². The molecule has 0 aromatic heterocycles. The molecule has 114 valence electrons. The quantitative estimate of drug-likeness (QED) is 0.807. The predicted octanol–water partition coefficient (Wildman–Crippen LogP) is 0.704. The van der Waals surface area contributed by atoms with E-state index in [1.54, 1.807) is 4.90 Å². The standard InChI is InChI=1S/C11H16F3N3O2S/c12-11(13,14)20(18,19)10-3-1-9(2-4-10)17(7-5-15)8-6-16/h1-4H,5-8,15-16H2. The first-order valence-corrected chi connectivity index (χ1v) is 7.29. The highest BCUT2D eigenvalue weighted by molar-refractivity contribution is 7.92. The molecule has 9 heteroatoms. The average molecular weight is 311 g/mol. The van der Waals surface area contributed by atoms with Gasteiger partial charge in [0, 0.05) is 31.9 Å². The van der Waals surface area contributed by atoms with Gasteiger partial charge in [0.05, 0.1) is 4.90 Å². The highest BCUT2D eigenvalue weighted by atomic mass is 32.2. The molecule has 0 unspecified atom stereocenters. The fourth-order valence-corrected chi connectivity index (χ4v) is 2.41. The summed E-state index contributed by atoms with van der Waals surface area (Å²) in [7, 11) is -5.31. The lowest BCUT2D eigenvalue weighted by molar-refractivity contribution is -0.0436. The molecule has 4 N–H and O–H groups in total. The summed E-state index contributed by atoms with van der Waals surface area (Å²) in [6, 6.07) is 4.48. The number of nitrogens with zero attached hydrogens (tertiary/aromatic N) is 1. The van der Waals surface area contributed by atoms with Crippen LogP contribution in [0.4, 0.5) is 18.9 Å². The van der Waals surface area contributed by atoms with Gasteiger partial charge in [-0.3, -0.25) is 0 Å². The van der Waals surface area contributed by atoms with Crippen molar-refractivity contribution in [2.45, 2.75) is 10.4 Å². The summed E-state index contributed by atoms with van der Waals surface area (Å²) >= 11 is 0. The number of benzene rings is 1. The molecule has 1 aromatic carbocycles. The number of hydrogen-bond acceptors (Lipinski definition) is 5. The maximum Gasteiger partial charge on any atom is 0.501 e. The normalized spacial score (nSPS) is 12.4. The summed E-state index contributed by atoms with van der Waals surface area (Å²) in [5.41, 5.74) is 6.12. The van der Waals surface area contributed by atoms with Gasteiger partial charge in [-0.2, -0.15) is 13.2 Å². The maximum absolute atomic E-state index is 12.4. The lowest BCUT2D eigenvalue weighted by Crippen LogP contribution is -2.33. The summed E-state index contributed by atoms with van der Waals surface area (Å²) in [6.07, 6.45) is 0. The number of halogens is 3. The van der Waals surface area contributed by atoms with Crippen LogP contribution in [0, 0.1) is 0 Å². The number of nitrogens with two attached hydrogens (primary N) is 2. The smallest absolute Gasteiger partial charge is 0.369 e. The number of alkyl halides is 3. The molecular weight excluding hydrogens is 295 g/mol. The molecule has 0 spiro atoms. The van der Waals surface area contributed by atoms with Crippen molar-refractivity contribution < 1.29 is 21.6 Å². The third-order valence-corrected chi connectivity index (χ3v) is 4.12. The third-order valence-electron chi connectivity index (χ3n) is 2.61. The Morgan fingerprint density at radius 3 is 1.80 bits per heavy atom. The summed E-state index contributed by atoms with van der Waals surface area (Å²) in [4.78, 5) is 0.985. The van der Waals surface area contributed by atoms with E-state index in [1.807, 2.05) is 0 Å². The lowest BCUT2D eigenvalue weighted by Gasteiger charge is -2.23. The van der Waals surface area contributed by atoms with E-state index in [1.165, 1.54) is 12.1 Å². The molecule has 0 amide bonds. The monoisotopic (exact) mass is 311 g/mol. The number of anilines is 1. The zero-order chi connectivity index (χ0) is 15.4. The highest BCUT2D eigenvalue weighted by Gasteiger charge is 2.46. The van der Waals surface area contributed by atoms with Crippen molar-refractivity contribution in [3.05, 3.63) is 24.3 Å². The van der Waals surface area contributed by atoms with Crippen molar-refractivity contribution in [2.24, 2.45) is 11.5 Å². The van der Waals surface area contributed by atoms with Crippen molar-refractivity contribution in [3.63, 3.8) is 0 Å². The summed E-state index contributed by atoms with van der Waals surface area (Å²) in [5, 5.41) is 0. The van der Waals surface area contributed by atoms with Crippen LogP contribution in [-0.4, -0.2) is 40.1 Å². The van der Waals surface area contributed by atoms with Crippen LogP contribution in [0.3, 0.4) is 0 Å². The topological polar surface area (TPSA) is 89.4 Å². The fraction of sp³-hybridized carbons (Fsp3) is 0.455. The molecule has 0 fully saturated rings. The fourth-order valence-electron chi connectivity index (χ4n) is 1.65. The van der Waals surface area contributed by atoms with E-state index in [9.17, 15) is 21.6 Å². The number of rotatable bonds is 6. The Morgan fingerprint density at radius 1 is 1.00 bits per heavy atom. The summed E-state index contributed by atoms with van der Waals surface area (Å²) < 4.78 is 59.6. The Labute approximate surface area is 115 Å². The van der Waals surface area contributed by atoms with E-state index in [0.717, 1.165) is 12.1 Å². The Morgan fingerprint density at radius 2 is 1.45 bits per heavy atom. The number of sulfone groups is 1. The molecule has 0 aliphatic heterocycles. The summed E-state index contributed by atoms with van der Waals surface area (Å²) in [6.45, 7) is 1.65. The first-order chi connectivity index (χ1) is 9.24. The Balaban J connectivity index is 3.05. The van der Waals surface area contributed by atoms with Crippen LogP contribution in [0.15, 0.2) is 29.2 Å². The second-order valence-electron chi connectivity index (χ2n) is 4.01. The Hall–Kier alpha value is -1.32. The molecule has 0 aliphatic carbocycles. The summed E-state index contributed by atoms with van der Waals surface area (Å²) in [5.74, 6) is 0. The highest BCUT2D eigenvalue weighted by Crippen LogP contribution is 2.31. The van der Waals surface area contributed by atoms with Crippen molar-refractivity contribution in [3.8, 4) is 0 Å². The van der Waals surface area contributed by atoms with Crippen molar-refractivity contribution in [1.82, 2.24) is 0 Å². The number of hydrogen-bond donors (Lipinski definition) is 2. The molecule has 0 saturated carbocycles. The van der Waals surface area contributed by atoms with E-state index < -0.39 is 20.2 Å². The van der Waals surface area contributed by atoms with Crippen LogP contribution in [-0.2, 0) is 9.84 Å². The van der Waals surface area contributed by atoms with Crippen molar-refractivity contribution in [2.75, 3.05) is 31.1 Å². The molecule has 1 rings (SSSR count). The Kier molecular flexibility index (Phi) is 5.37. The van der Waals surface area contributed by atoms with Gasteiger partial charge in [0.1, 0.15) is 0 Å². The lowest BCUT2D eigenvalue weighted by atomic mass is 10.3. The Bertz CT molecular complexity index is 523. The van der Waals surface area contributed by atoms with E-state index in [2.05, 4.69) is 0 Å². The van der Waals surface area contributed by atoms with Crippen LogP contribution < -0.4 is 16.4 Å². The zero-order valence-corrected chi connectivity index (χ0v) is 11.4. The first kappa shape index (κ1) is 16.7. The van der Waals surface area contributed by atoms with Gasteiger partial charge in [0.2, 0.25) is 0 Å². The minimum atomic E-state index is -5.31. The molecule has 0 saturated heterocycles. The molecule has 0 atom stereocenters. The third kappa shape index (κ3) is 3.62. The molecule has 1 aromatic rings. The van der Waals surface area contributed by atoms with E-state index in [0.29, 0.717) is 31.9 Å². The second kappa shape index (κ2) is 6.42. The molecule has 5 nitrogen and oxygen atoms in total. The second-order valence-corrected chi connectivity index (χ2v) is 5.95. The van der Waals surface area contributed by atoms with Gasteiger partial charge < -0.3 is 16.4 Å². The van der Waals surface area contributed by atoms with Gasteiger partial charge in [-0.05, 0) is 24.3 Å². The predicted molar refractivity (Wildman–Crippen MR) is 70.0 cm³/mol. The molecule has 0 radical (unpaired) electrons. The van der Waals surface area contributed by atoms with Crippen molar-refractivity contribution in [1.29, 1.82) is 0 Å². The maximum atomic E-state index is 12.4. The zero-order valence-electron chi connectivity index (χ0n) is 10.6. The minimum absolute atomic E-state index is 0.350. The molecule has 0 bridgehead atoms. The van der Waals surface area contributed by atoms with Gasteiger partial charge in [0.25, 0.3) is 9.84 Å². The van der Waals surface area contributed by atoms with Gasteiger partial charge in [0.15, 0.2) is 0 Å². The molecule has 0 heterocycles. The van der Waals surface area contributed by atoms with Crippen LogP contribution in [0.5, 0.6) is 0 Å². The van der Waals surface area contributed by atoms with Crippen LogP contribution in [0.1, 0.15) is 0 Å². The molecule has 20 heavy (non-hydrogen) atoms. The average Bonchev–Trinajstić information content (AvgIpc) is 2.37. The largest absolute Gasteiger partial charge is 0.501 e. The van der Waals surface area contributed by atoms with Gasteiger partial charge >= 0.3 is 5.51 Å². The molecule has 0 aliphatic rings. The van der Waals surface area contributed by atoms with E-state index >= 15 is 0 Å². The SMILES string of the molecule is NCCN(CCN)c1ccc(S(=O)(=O)C(F)(F)F)cc1. The van der Waals surface area contributed by atoms with Gasteiger partial charge in [-0.15, -0.1) is 0 Å². The van der Waals surface area contributed by atoms with Gasteiger partial charge in [-0.25, -0.2) is 8.42 Å². The van der Waals surface area contributed by atoms with Crippen molar-refractivity contribution >= 4 is 15.5 Å². The van der Waals surface area contributed by atoms with Crippen LogP contribution in [0.25, 0.3) is 0 Å². The molecular formula is C11H16F3N3O2S. The minimum Gasteiger partial charge on any atom is -0.369 e. The van der Waals surface area contributed by atoms with Crippen LogP contribution in [0.2, 0.25) is 0 Å². The van der Waals surface area contributed by atoms with Crippen LogP contribution >= 0.6 is 0 Å².